The minimum absolute atomic E-state index is 0.118. The smallest absolute Gasteiger partial charge is 0.321 e. The number of rotatable bonds is 3. The molecule has 2 aromatic rings. The Morgan fingerprint density at radius 3 is 2.83 bits per heavy atom. The number of nitrogens with zero attached hydrogens (tertiary/aromatic N) is 2. The van der Waals surface area contributed by atoms with Gasteiger partial charge < -0.3 is 14.8 Å². The SMILES string of the molecule is CCCn1ccc2ccc(NC(=O)N3CCS(=O)C(C)(C)C3)cc21. The topological polar surface area (TPSA) is 54.3 Å². The van der Waals surface area contributed by atoms with Crippen molar-refractivity contribution in [2.24, 2.45) is 0 Å². The molecule has 3 rings (SSSR count). The van der Waals surface area contributed by atoms with Gasteiger partial charge in [0.2, 0.25) is 0 Å². The Kier molecular flexibility index (Phi) is 4.67. The Morgan fingerprint density at radius 2 is 2.12 bits per heavy atom. The van der Waals surface area contributed by atoms with Gasteiger partial charge in [0.15, 0.2) is 0 Å². The molecule has 0 bridgehead atoms. The summed E-state index contributed by atoms with van der Waals surface area (Å²) in [7, 11) is -0.878. The molecule has 1 aromatic heterocycles. The second kappa shape index (κ2) is 6.59. The van der Waals surface area contributed by atoms with Gasteiger partial charge in [-0.15, -0.1) is 0 Å². The van der Waals surface area contributed by atoms with E-state index in [-0.39, 0.29) is 10.8 Å². The Balaban J connectivity index is 1.75. The van der Waals surface area contributed by atoms with Gasteiger partial charge in [0.25, 0.3) is 0 Å². The van der Waals surface area contributed by atoms with E-state index in [2.05, 4.69) is 29.1 Å². The fourth-order valence-electron chi connectivity index (χ4n) is 3.15. The number of aryl methyl sites for hydroxylation is 1. The summed E-state index contributed by atoms with van der Waals surface area (Å²) in [5, 5.41) is 4.17. The monoisotopic (exact) mass is 347 g/mol. The van der Waals surface area contributed by atoms with Crippen molar-refractivity contribution in [2.75, 3.05) is 24.2 Å². The minimum Gasteiger partial charge on any atom is -0.347 e. The number of aromatic nitrogens is 1. The second-order valence-electron chi connectivity index (χ2n) is 6.94. The van der Waals surface area contributed by atoms with Crippen LogP contribution in [0.15, 0.2) is 30.5 Å². The molecular formula is C18H25N3O2S. The maximum Gasteiger partial charge on any atom is 0.321 e. The van der Waals surface area contributed by atoms with E-state index >= 15 is 0 Å². The van der Waals surface area contributed by atoms with E-state index in [4.69, 9.17) is 0 Å². The van der Waals surface area contributed by atoms with Crippen LogP contribution in [0.2, 0.25) is 0 Å². The van der Waals surface area contributed by atoms with Gasteiger partial charge in [-0.25, -0.2) is 4.79 Å². The van der Waals surface area contributed by atoms with Crippen LogP contribution in [-0.2, 0) is 17.3 Å². The summed E-state index contributed by atoms with van der Waals surface area (Å²) < 4.78 is 13.9. The van der Waals surface area contributed by atoms with Crippen LogP contribution in [0.3, 0.4) is 0 Å². The van der Waals surface area contributed by atoms with Gasteiger partial charge in [0, 0.05) is 48.1 Å². The molecule has 1 unspecified atom stereocenters. The van der Waals surface area contributed by atoms with E-state index in [0.29, 0.717) is 18.8 Å². The van der Waals surface area contributed by atoms with Crippen LogP contribution < -0.4 is 5.32 Å². The molecule has 6 heteroatoms. The summed E-state index contributed by atoms with van der Waals surface area (Å²) >= 11 is 0. The molecule has 1 aliphatic rings. The molecule has 1 aliphatic heterocycles. The fraction of sp³-hybridized carbons (Fsp3) is 0.500. The predicted octanol–water partition coefficient (Wildman–Crippen LogP) is 3.43. The Morgan fingerprint density at radius 1 is 1.33 bits per heavy atom. The highest BCUT2D eigenvalue weighted by Gasteiger charge is 2.35. The van der Waals surface area contributed by atoms with Crippen molar-refractivity contribution >= 4 is 33.4 Å². The highest BCUT2D eigenvalue weighted by atomic mass is 32.2. The molecule has 2 heterocycles. The van der Waals surface area contributed by atoms with Gasteiger partial charge in [0.1, 0.15) is 0 Å². The average molecular weight is 347 g/mol. The lowest BCUT2D eigenvalue weighted by Crippen LogP contribution is -2.53. The first kappa shape index (κ1) is 17.0. The first-order valence-electron chi connectivity index (χ1n) is 8.44. The van der Waals surface area contributed by atoms with Gasteiger partial charge in [-0.2, -0.15) is 0 Å². The molecule has 0 aliphatic carbocycles. The maximum atomic E-state index is 12.6. The maximum absolute atomic E-state index is 12.6. The third-order valence-electron chi connectivity index (χ3n) is 4.51. The number of urea groups is 1. The molecule has 24 heavy (non-hydrogen) atoms. The summed E-state index contributed by atoms with van der Waals surface area (Å²) in [6, 6.07) is 7.97. The van der Waals surface area contributed by atoms with Crippen molar-refractivity contribution in [1.82, 2.24) is 9.47 Å². The zero-order valence-electron chi connectivity index (χ0n) is 14.5. The molecule has 1 fully saturated rings. The lowest BCUT2D eigenvalue weighted by Gasteiger charge is -2.37. The fourth-order valence-corrected chi connectivity index (χ4v) is 4.39. The molecule has 130 valence electrons. The highest BCUT2D eigenvalue weighted by molar-refractivity contribution is 7.86. The molecule has 0 saturated carbocycles. The molecule has 1 N–H and O–H groups in total. The van der Waals surface area contributed by atoms with Gasteiger partial charge in [-0.05, 0) is 43.9 Å². The Bertz CT molecular complexity index is 782. The summed E-state index contributed by atoms with van der Waals surface area (Å²) in [6.45, 7) is 8.07. The molecule has 0 radical (unpaired) electrons. The third-order valence-corrected chi connectivity index (χ3v) is 6.43. The number of carbonyl (C=O) groups excluding carboxylic acids is 1. The first-order chi connectivity index (χ1) is 11.4. The highest BCUT2D eigenvalue weighted by Crippen LogP contribution is 2.23. The summed E-state index contributed by atoms with van der Waals surface area (Å²) in [5.74, 6) is 0.540. The number of benzene rings is 1. The van der Waals surface area contributed by atoms with Crippen LogP contribution in [0.4, 0.5) is 10.5 Å². The number of anilines is 1. The van der Waals surface area contributed by atoms with Gasteiger partial charge in [0.05, 0.1) is 10.3 Å². The molecule has 0 spiro atoms. The number of hydrogen-bond acceptors (Lipinski definition) is 2. The van der Waals surface area contributed by atoms with Crippen molar-refractivity contribution in [1.29, 1.82) is 0 Å². The summed E-state index contributed by atoms with van der Waals surface area (Å²) in [6.07, 6.45) is 3.16. The minimum atomic E-state index is -0.878. The lowest BCUT2D eigenvalue weighted by molar-refractivity contribution is 0.207. The zero-order valence-corrected chi connectivity index (χ0v) is 15.4. The van der Waals surface area contributed by atoms with Crippen molar-refractivity contribution in [3.63, 3.8) is 0 Å². The van der Waals surface area contributed by atoms with Crippen LogP contribution in [0.1, 0.15) is 27.2 Å². The molecule has 1 saturated heterocycles. The van der Waals surface area contributed by atoms with Crippen molar-refractivity contribution < 1.29 is 9.00 Å². The van der Waals surface area contributed by atoms with Crippen LogP contribution in [-0.4, -0.2) is 43.3 Å². The standard InChI is InChI=1S/C18H25N3O2S/c1-4-8-20-9-7-14-5-6-15(12-16(14)20)19-17(22)21-10-11-24(23)18(2,3)13-21/h5-7,9,12H,4,8,10-11,13H2,1-3H3,(H,19,22). The molecule has 1 aromatic carbocycles. The zero-order chi connectivity index (χ0) is 17.3. The van der Waals surface area contributed by atoms with Crippen LogP contribution >= 0.6 is 0 Å². The lowest BCUT2D eigenvalue weighted by atomic mass is 10.2. The largest absolute Gasteiger partial charge is 0.347 e. The van der Waals surface area contributed by atoms with Crippen LogP contribution in [0.5, 0.6) is 0 Å². The van der Waals surface area contributed by atoms with Crippen LogP contribution in [0.25, 0.3) is 10.9 Å². The summed E-state index contributed by atoms with van der Waals surface area (Å²) in [5.41, 5.74) is 1.93. The number of nitrogens with one attached hydrogen (secondary N) is 1. The molecule has 2 amide bonds. The average Bonchev–Trinajstić information content (AvgIpc) is 2.93. The summed E-state index contributed by atoms with van der Waals surface area (Å²) in [4.78, 5) is 14.3. The number of fused-ring (bicyclic) bond motifs is 1. The predicted molar refractivity (Wildman–Crippen MR) is 99.9 cm³/mol. The van der Waals surface area contributed by atoms with E-state index < -0.39 is 10.8 Å². The van der Waals surface area contributed by atoms with E-state index in [1.54, 1.807) is 4.90 Å². The van der Waals surface area contributed by atoms with Gasteiger partial charge in [-0.3, -0.25) is 4.21 Å². The van der Waals surface area contributed by atoms with Crippen LogP contribution in [0, 0.1) is 0 Å². The molecule has 1 atom stereocenters. The number of amides is 2. The van der Waals surface area contributed by atoms with Gasteiger partial charge in [-0.1, -0.05) is 13.0 Å². The van der Waals surface area contributed by atoms with Crippen molar-refractivity contribution in [3.8, 4) is 0 Å². The van der Waals surface area contributed by atoms with E-state index in [9.17, 15) is 9.00 Å². The van der Waals surface area contributed by atoms with E-state index in [1.165, 1.54) is 5.39 Å². The van der Waals surface area contributed by atoms with E-state index in [1.807, 2.05) is 32.0 Å². The van der Waals surface area contributed by atoms with Crippen molar-refractivity contribution in [3.05, 3.63) is 30.5 Å². The first-order valence-corrected chi connectivity index (χ1v) is 9.76. The van der Waals surface area contributed by atoms with Crippen molar-refractivity contribution in [2.45, 2.75) is 38.5 Å². The normalized spacial score (nSPS) is 20.3. The third kappa shape index (κ3) is 3.34. The Labute approximate surface area is 145 Å². The number of hydrogen-bond donors (Lipinski definition) is 1. The molecular weight excluding hydrogens is 322 g/mol. The van der Waals surface area contributed by atoms with Gasteiger partial charge >= 0.3 is 6.03 Å². The quantitative estimate of drug-likeness (QED) is 0.925. The number of carbonyl (C=O) groups is 1. The Hall–Kier alpha value is -1.82. The molecule has 5 nitrogen and oxygen atoms in total. The van der Waals surface area contributed by atoms with E-state index in [0.717, 1.165) is 24.2 Å². The second-order valence-corrected chi connectivity index (χ2v) is 9.15.